The van der Waals surface area contributed by atoms with E-state index < -0.39 is 36.1 Å². The second-order valence-corrected chi connectivity index (χ2v) is 6.33. The molecule has 164 valence electrons. The van der Waals surface area contributed by atoms with E-state index in [1.165, 1.54) is 7.11 Å². The number of esters is 1. The maximum Gasteiger partial charge on any atom is 0.422 e. The van der Waals surface area contributed by atoms with Crippen LogP contribution >= 0.6 is 0 Å². The monoisotopic (exact) mass is 420 g/mol. The predicted molar refractivity (Wildman–Crippen MR) is 99.8 cm³/mol. The Hall–Kier alpha value is -2.59. The van der Waals surface area contributed by atoms with E-state index in [1.807, 2.05) is 6.92 Å². The number of unbranched alkanes of at least 4 members (excludes halogenated alkanes) is 1. The highest BCUT2D eigenvalue weighted by Gasteiger charge is 2.38. The van der Waals surface area contributed by atoms with Gasteiger partial charge in [-0.25, -0.2) is 14.8 Å². The Morgan fingerprint density at radius 2 is 1.83 bits per heavy atom. The number of anilines is 1. The lowest BCUT2D eigenvalue weighted by Gasteiger charge is -2.29. The van der Waals surface area contributed by atoms with Gasteiger partial charge >= 0.3 is 12.1 Å². The molecule has 0 spiro atoms. The van der Waals surface area contributed by atoms with Gasteiger partial charge in [-0.05, 0) is 19.3 Å². The Morgan fingerprint density at radius 3 is 2.34 bits per heavy atom. The number of aromatic nitrogens is 2. The van der Waals surface area contributed by atoms with Crippen molar-refractivity contribution in [2.24, 2.45) is 0 Å². The number of ether oxygens (including phenoxy) is 2. The van der Waals surface area contributed by atoms with E-state index in [0.29, 0.717) is 6.54 Å². The van der Waals surface area contributed by atoms with E-state index in [4.69, 9.17) is 9.47 Å². The summed E-state index contributed by atoms with van der Waals surface area (Å²) < 4.78 is 47.2. The highest BCUT2D eigenvalue weighted by Crippen LogP contribution is 2.24. The third-order valence-corrected chi connectivity index (χ3v) is 4.30. The summed E-state index contributed by atoms with van der Waals surface area (Å²) in [7, 11) is 1.20. The SMILES string of the molecule is CCCCNc1ncc(C(=O)NC(CC)(CC)C(=O)OC)nc1OCC(F)(F)F. The third-order valence-electron chi connectivity index (χ3n) is 4.30. The van der Waals surface area contributed by atoms with E-state index in [1.54, 1.807) is 13.8 Å². The van der Waals surface area contributed by atoms with E-state index >= 15 is 0 Å². The number of nitrogens with zero attached hydrogens (tertiary/aromatic N) is 2. The minimum atomic E-state index is -4.58. The van der Waals surface area contributed by atoms with Crippen LogP contribution in [0.5, 0.6) is 5.88 Å². The Labute approximate surface area is 167 Å². The second kappa shape index (κ2) is 10.8. The molecule has 0 aliphatic carbocycles. The number of methoxy groups -OCH3 is 1. The number of hydrogen-bond donors (Lipinski definition) is 2. The summed E-state index contributed by atoms with van der Waals surface area (Å²) in [6.45, 7) is 4.23. The number of carbonyl (C=O) groups excluding carboxylic acids is 2. The van der Waals surface area contributed by atoms with E-state index in [9.17, 15) is 22.8 Å². The van der Waals surface area contributed by atoms with Gasteiger partial charge in [0.25, 0.3) is 11.8 Å². The van der Waals surface area contributed by atoms with Gasteiger partial charge < -0.3 is 20.1 Å². The fraction of sp³-hybridized carbons (Fsp3) is 0.667. The molecule has 1 aromatic rings. The normalized spacial score (nSPS) is 11.7. The minimum Gasteiger partial charge on any atom is -0.467 e. The minimum absolute atomic E-state index is 0.00413. The maximum atomic E-state index is 12.6. The number of amides is 1. The van der Waals surface area contributed by atoms with Crippen LogP contribution < -0.4 is 15.4 Å². The van der Waals surface area contributed by atoms with Gasteiger partial charge in [-0.3, -0.25) is 4.79 Å². The topological polar surface area (TPSA) is 102 Å². The van der Waals surface area contributed by atoms with Crippen LogP contribution in [0.3, 0.4) is 0 Å². The van der Waals surface area contributed by atoms with Crippen molar-refractivity contribution in [3.05, 3.63) is 11.9 Å². The molecule has 1 heterocycles. The van der Waals surface area contributed by atoms with Crippen molar-refractivity contribution in [2.75, 3.05) is 25.6 Å². The van der Waals surface area contributed by atoms with Gasteiger partial charge in [-0.15, -0.1) is 0 Å². The Morgan fingerprint density at radius 1 is 1.17 bits per heavy atom. The number of rotatable bonds is 11. The first-order chi connectivity index (χ1) is 13.6. The van der Waals surface area contributed by atoms with E-state index in [0.717, 1.165) is 19.0 Å². The van der Waals surface area contributed by atoms with Crippen LogP contribution in [0.25, 0.3) is 0 Å². The van der Waals surface area contributed by atoms with Gasteiger partial charge in [-0.1, -0.05) is 27.2 Å². The first kappa shape index (κ1) is 24.4. The van der Waals surface area contributed by atoms with E-state index in [-0.39, 0.29) is 24.4 Å². The lowest BCUT2D eigenvalue weighted by molar-refractivity contribution is -0.154. The lowest BCUT2D eigenvalue weighted by Crippen LogP contribution is -2.54. The largest absolute Gasteiger partial charge is 0.467 e. The molecular weight excluding hydrogens is 393 g/mol. The third kappa shape index (κ3) is 7.06. The smallest absolute Gasteiger partial charge is 0.422 e. The van der Waals surface area contributed by atoms with Crippen LogP contribution in [0.4, 0.5) is 19.0 Å². The summed E-state index contributed by atoms with van der Waals surface area (Å²) in [5.74, 6) is -1.84. The van der Waals surface area contributed by atoms with Crippen molar-refractivity contribution in [2.45, 2.75) is 58.2 Å². The molecule has 11 heteroatoms. The molecule has 8 nitrogen and oxygen atoms in total. The van der Waals surface area contributed by atoms with Crippen molar-refractivity contribution >= 4 is 17.7 Å². The second-order valence-electron chi connectivity index (χ2n) is 6.33. The summed E-state index contributed by atoms with van der Waals surface area (Å²) in [5.41, 5.74) is -1.56. The van der Waals surface area contributed by atoms with Gasteiger partial charge in [-0.2, -0.15) is 13.2 Å². The van der Waals surface area contributed by atoms with Gasteiger partial charge in [0.2, 0.25) is 0 Å². The molecule has 0 aliphatic rings. The Bertz CT molecular complexity index is 694. The average molecular weight is 420 g/mol. The van der Waals surface area contributed by atoms with Crippen LogP contribution in [-0.4, -0.2) is 53.8 Å². The van der Waals surface area contributed by atoms with Gasteiger partial charge in [0.15, 0.2) is 18.1 Å². The number of halogens is 3. The summed E-state index contributed by atoms with van der Waals surface area (Å²) in [5, 5.41) is 5.40. The van der Waals surface area contributed by atoms with Crippen molar-refractivity contribution < 1.29 is 32.2 Å². The molecule has 0 unspecified atom stereocenters. The van der Waals surface area contributed by atoms with Crippen LogP contribution in [0.15, 0.2) is 6.20 Å². The molecule has 0 aromatic carbocycles. The molecule has 0 radical (unpaired) electrons. The van der Waals surface area contributed by atoms with Crippen molar-refractivity contribution in [1.82, 2.24) is 15.3 Å². The molecule has 0 saturated heterocycles. The molecule has 1 rings (SSSR count). The fourth-order valence-corrected chi connectivity index (χ4v) is 2.48. The summed E-state index contributed by atoms with van der Waals surface area (Å²) in [6.07, 6.45) is -1.34. The van der Waals surface area contributed by atoms with Crippen LogP contribution in [-0.2, 0) is 9.53 Å². The zero-order valence-electron chi connectivity index (χ0n) is 17.0. The van der Waals surface area contributed by atoms with Crippen molar-refractivity contribution in [3.8, 4) is 5.88 Å². The molecule has 0 atom stereocenters. The number of hydrogen-bond acceptors (Lipinski definition) is 7. The standard InChI is InChI=1S/C18H27F3N4O4/c1-5-8-9-22-13-15(29-11-18(19,20)21)24-12(10-23-13)14(26)25-17(6-2,7-3)16(27)28-4/h10H,5-9,11H2,1-4H3,(H,22,23)(H,25,26). The number of carbonyl (C=O) groups is 2. The average Bonchev–Trinajstić information content (AvgIpc) is 2.69. The maximum absolute atomic E-state index is 12.6. The highest BCUT2D eigenvalue weighted by molar-refractivity contribution is 5.96. The Kier molecular flexibility index (Phi) is 9.12. The molecule has 1 aromatic heterocycles. The predicted octanol–water partition coefficient (Wildman–Crippen LogP) is 3.09. The van der Waals surface area contributed by atoms with Gasteiger partial charge in [0, 0.05) is 6.54 Å². The fourth-order valence-electron chi connectivity index (χ4n) is 2.48. The zero-order valence-corrected chi connectivity index (χ0v) is 17.0. The molecular formula is C18H27F3N4O4. The molecule has 0 aliphatic heterocycles. The van der Waals surface area contributed by atoms with Crippen LogP contribution in [0.1, 0.15) is 56.9 Å². The summed E-state index contributed by atoms with van der Waals surface area (Å²) in [6, 6.07) is 0. The van der Waals surface area contributed by atoms with Gasteiger partial charge in [0.1, 0.15) is 5.54 Å². The van der Waals surface area contributed by atoms with E-state index in [2.05, 4.69) is 20.6 Å². The van der Waals surface area contributed by atoms with Gasteiger partial charge in [0.05, 0.1) is 13.3 Å². The first-order valence-electron chi connectivity index (χ1n) is 9.33. The molecule has 0 saturated carbocycles. The number of alkyl halides is 3. The van der Waals surface area contributed by atoms with Crippen molar-refractivity contribution in [3.63, 3.8) is 0 Å². The molecule has 1 amide bonds. The van der Waals surface area contributed by atoms with Crippen molar-refractivity contribution in [1.29, 1.82) is 0 Å². The highest BCUT2D eigenvalue weighted by atomic mass is 19.4. The molecule has 0 fully saturated rings. The molecule has 29 heavy (non-hydrogen) atoms. The number of nitrogens with one attached hydrogen (secondary N) is 2. The molecule has 2 N–H and O–H groups in total. The molecule has 0 bridgehead atoms. The van der Waals surface area contributed by atoms with Crippen LogP contribution in [0.2, 0.25) is 0 Å². The summed E-state index contributed by atoms with van der Waals surface area (Å²) >= 11 is 0. The first-order valence-corrected chi connectivity index (χ1v) is 9.33. The zero-order chi connectivity index (χ0) is 22.1. The summed E-state index contributed by atoms with van der Waals surface area (Å²) in [4.78, 5) is 32.6. The Balaban J connectivity index is 3.13. The lowest BCUT2D eigenvalue weighted by atomic mass is 9.92. The quantitative estimate of drug-likeness (QED) is 0.419. The van der Waals surface area contributed by atoms with Crippen LogP contribution in [0, 0.1) is 0 Å².